The lowest BCUT2D eigenvalue weighted by atomic mass is 9.76. The van der Waals surface area contributed by atoms with Crippen LogP contribution in [-0.4, -0.2) is 59.0 Å². The molecule has 25 heavy (non-hydrogen) atoms. The smallest absolute Gasteiger partial charge is 0.225 e. The van der Waals surface area contributed by atoms with Gasteiger partial charge in [0.1, 0.15) is 0 Å². The Morgan fingerprint density at radius 2 is 1.40 bits per heavy atom. The summed E-state index contributed by atoms with van der Waals surface area (Å²) in [5.41, 5.74) is -0.0329. The van der Waals surface area contributed by atoms with Crippen molar-refractivity contribution in [3.63, 3.8) is 0 Å². The molecule has 4 rings (SSSR count). The third kappa shape index (κ3) is 3.20. The minimum Gasteiger partial charge on any atom is -0.392 e. The van der Waals surface area contributed by atoms with Crippen LogP contribution in [0, 0.1) is 17.3 Å². The van der Waals surface area contributed by atoms with E-state index in [0.717, 1.165) is 84.0 Å². The first kappa shape index (κ1) is 17.3. The molecule has 2 heterocycles. The summed E-state index contributed by atoms with van der Waals surface area (Å²) >= 11 is 0. The van der Waals surface area contributed by atoms with Gasteiger partial charge in [0.2, 0.25) is 11.8 Å². The number of hydrogen-bond acceptors (Lipinski definition) is 3. The van der Waals surface area contributed by atoms with Crippen molar-refractivity contribution in [1.29, 1.82) is 0 Å². The average molecular weight is 348 g/mol. The number of carbonyl (C=O) groups is 2. The van der Waals surface area contributed by atoms with Crippen molar-refractivity contribution in [2.75, 3.05) is 26.2 Å². The molecule has 2 aliphatic carbocycles. The highest BCUT2D eigenvalue weighted by Gasteiger charge is 2.46. The molecule has 5 nitrogen and oxygen atoms in total. The molecular formula is C20H32N2O3. The van der Waals surface area contributed by atoms with Crippen LogP contribution < -0.4 is 0 Å². The van der Waals surface area contributed by atoms with Crippen LogP contribution in [0.4, 0.5) is 0 Å². The summed E-state index contributed by atoms with van der Waals surface area (Å²) in [5.74, 6) is 0.925. The van der Waals surface area contributed by atoms with Crippen molar-refractivity contribution in [3.05, 3.63) is 0 Å². The summed E-state index contributed by atoms with van der Waals surface area (Å²) in [7, 11) is 0. The maximum absolute atomic E-state index is 13.0. The first-order valence-electron chi connectivity index (χ1n) is 10.3. The van der Waals surface area contributed by atoms with Crippen molar-refractivity contribution in [2.45, 2.75) is 70.3 Å². The third-order valence-corrected chi connectivity index (χ3v) is 7.39. The monoisotopic (exact) mass is 348 g/mol. The molecule has 140 valence electrons. The number of nitrogens with zero attached hydrogens (tertiary/aromatic N) is 2. The van der Waals surface area contributed by atoms with Crippen molar-refractivity contribution in [3.8, 4) is 0 Å². The number of piperidine rings is 2. The number of carbonyl (C=O) groups excluding carboxylic acids is 2. The fourth-order valence-electron chi connectivity index (χ4n) is 5.46. The van der Waals surface area contributed by atoms with Crippen LogP contribution in [0.5, 0.6) is 0 Å². The first-order valence-corrected chi connectivity index (χ1v) is 10.3. The van der Waals surface area contributed by atoms with E-state index in [1.807, 2.05) is 9.80 Å². The Morgan fingerprint density at radius 3 is 2.00 bits per heavy atom. The molecule has 1 N–H and O–H groups in total. The van der Waals surface area contributed by atoms with Crippen LogP contribution in [-0.2, 0) is 9.59 Å². The average Bonchev–Trinajstić information content (AvgIpc) is 2.93. The Labute approximate surface area is 150 Å². The Bertz CT molecular complexity index is 525. The van der Waals surface area contributed by atoms with Gasteiger partial charge in [-0.3, -0.25) is 9.59 Å². The molecule has 0 aromatic rings. The number of amides is 2. The van der Waals surface area contributed by atoms with Gasteiger partial charge in [0.15, 0.2) is 0 Å². The number of rotatable bonds is 2. The van der Waals surface area contributed by atoms with E-state index in [1.54, 1.807) is 0 Å². The Balaban J connectivity index is 1.32. The molecule has 5 heteroatoms. The molecule has 2 atom stereocenters. The van der Waals surface area contributed by atoms with Gasteiger partial charge in [0, 0.05) is 43.4 Å². The van der Waals surface area contributed by atoms with Gasteiger partial charge >= 0.3 is 0 Å². The zero-order valence-electron chi connectivity index (χ0n) is 15.3. The maximum atomic E-state index is 13.0. The lowest BCUT2D eigenvalue weighted by Crippen LogP contribution is -2.52. The van der Waals surface area contributed by atoms with Gasteiger partial charge in [-0.15, -0.1) is 0 Å². The molecule has 0 bridgehead atoms. The highest BCUT2D eigenvalue weighted by atomic mass is 16.3. The maximum Gasteiger partial charge on any atom is 0.225 e. The normalized spacial score (nSPS) is 34.4. The van der Waals surface area contributed by atoms with E-state index in [0.29, 0.717) is 5.91 Å². The van der Waals surface area contributed by atoms with Crippen LogP contribution in [0.3, 0.4) is 0 Å². The molecular weight excluding hydrogens is 316 g/mol. The predicted molar refractivity (Wildman–Crippen MR) is 94.7 cm³/mol. The lowest BCUT2D eigenvalue weighted by molar-refractivity contribution is -0.146. The van der Waals surface area contributed by atoms with Gasteiger partial charge in [-0.05, 0) is 51.4 Å². The second-order valence-corrected chi connectivity index (χ2v) is 8.86. The molecule has 0 aromatic carbocycles. The van der Waals surface area contributed by atoms with E-state index in [9.17, 15) is 14.7 Å². The van der Waals surface area contributed by atoms with Gasteiger partial charge in [0.25, 0.3) is 0 Å². The summed E-state index contributed by atoms with van der Waals surface area (Å²) in [6.07, 6.45) is 9.80. The van der Waals surface area contributed by atoms with Crippen LogP contribution in [0.15, 0.2) is 0 Å². The fraction of sp³-hybridized carbons (Fsp3) is 0.900. The third-order valence-electron chi connectivity index (χ3n) is 7.39. The Kier molecular flexibility index (Phi) is 4.78. The quantitative estimate of drug-likeness (QED) is 0.832. The number of likely N-dealkylation sites (tertiary alicyclic amines) is 2. The zero-order valence-corrected chi connectivity index (χ0v) is 15.3. The van der Waals surface area contributed by atoms with Crippen molar-refractivity contribution < 1.29 is 14.7 Å². The molecule has 4 aliphatic rings. The van der Waals surface area contributed by atoms with Gasteiger partial charge < -0.3 is 14.9 Å². The molecule has 1 spiro atoms. The van der Waals surface area contributed by atoms with Gasteiger partial charge in [-0.25, -0.2) is 0 Å². The molecule has 2 aliphatic heterocycles. The minimum atomic E-state index is -0.231. The SMILES string of the molecule is O=C(C1CCC1)N1CCC(C(=O)N2CCC[C@]3(CCC[C@H]3O)C2)CC1. The fourth-order valence-corrected chi connectivity index (χ4v) is 5.46. The standard InChI is InChI=1S/C20H32N2O3/c23-17-6-2-9-20(17)10-3-11-22(14-20)19(25)16-7-12-21(13-8-16)18(24)15-4-1-5-15/h15-17,23H,1-14H2/t17-,20-/m1/s1. The van der Waals surface area contributed by atoms with E-state index in [1.165, 1.54) is 6.42 Å². The Morgan fingerprint density at radius 1 is 0.760 bits per heavy atom. The second kappa shape index (κ2) is 6.90. The van der Waals surface area contributed by atoms with Crippen molar-refractivity contribution in [1.82, 2.24) is 9.80 Å². The molecule has 2 saturated heterocycles. The highest BCUT2D eigenvalue weighted by molar-refractivity contribution is 5.81. The van der Waals surface area contributed by atoms with Crippen molar-refractivity contribution >= 4 is 11.8 Å². The second-order valence-electron chi connectivity index (χ2n) is 8.86. The van der Waals surface area contributed by atoms with E-state index in [4.69, 9.17) is 0 Å². The molecule has 0 unspecified atom stereocenters. The number of aliphatic hydroxyl groups excluding tert-OH is 1. The van der Waals surface area contributed by atoms with Gasteiger partial charge in [-0.1, -0.05) is 12.8 Å². The van der Waals surface area contributed by atoms with E-state index in [-0.39, 0.29) is 29.3 Å². The van der Waals surface area contributed by atoms with E-state index < -0.39 is 0 Å². The lowest BCUT2D eigenvalue weighted by Gasteiger charge is -2.44. The van der Waals surface area contributed by atoms with Crippen molar-refractivity contribution in [2.24, 2.45) is 17.3 Å². The molecule has 4 fully saturated rings. The summed E-state index contributed by atoms with van der Waals surface area (Å²) in [4.78, 5) is 29.4. The summed E-state index contributed by atoms with van der Waals surface area (Å²) < 4.78 is 0. The van der Waals surface area contributed by atoms with Crippen LogP contribution >= 0.6 is 0 Å². The minimum absolute atomic E-state index is 0.0329. The van der Waals surface area contributed by atoms with Crippen LogP contribution in [0.25, 0.3) is 0 Å². The number of hydrogen-bond donors (Lipinski definition) is 1. The van der Waals surface area contributed by atoms with Gasteiger partial charge in [-0.2, -0.15) is 0 Å². The van der Waals surface area contributed by atoms with Crippen LogP contribution in [0.2, 0.25) is 0 Å². The molecule has 0 radical (unpaired) electrons. The Hall–Kier alpha value is -1.10. The van der Waals surface area contributed by atoms with E-state index >= 15 is 0 Å². The zero-order chi connectivity index (χ0) is 17.4. The van der Waals surface area contributed by atoms with E-state index in [2.05, 4.69) is 0 Å². The van der Waals surface area contributed by atoms with Crippen LogP contribution in [0.1, 0.15) is 64.2 Å². The topological polar surface area (TPSA) is 60.9 Å². The highest BCUT2D eigenvalue weighted by Crippen LogP contribution is 2.45. The molecule has 2 saturated carbocycles. The summed E-state index contributed by atoms with van der Waals surface area (Å²) in [6, 6.07) is 0. The molecule has 0 aromatic heterocycles. The predicted octanol–water partition coefficient (Wildman–Crippen LogP) is 2.18. The number of aliphatic hydroxyl groups is 1. The molecule has 2 amide bonds. The van der Waals surface area contributed by atoms with Gasteiger partial charge in [0.05, 0.1) is 6.10 Å². The first-order chi connectivity index (χ1) is 12.1. The summed E-state index contributed by atoms with van der Waals surface area (Å²) in [5, 5.41) is 10.4. The largest absolute Gasteiger partial charge is 0.392 e. The summed E-state index contributed by atoms with van der Waals surface area (Å²) in [6.45, 7) is 3.07.